The predicted molar refractivity (Wildman–Crippen MR) is 248 cm³/mol. The second-order valence-corrected chi connectivity index (χ2v) is 16.8. The molecule has 0 unspecified atom stereocenters. The van der Waals surface area contributed by atoms with Crippen LogP contribution in [0.5, 0.6) is 0 Å². The fourth-order valence-electron chi connectivity index (χ4n) is 6.01. The summed E-state index contributed by atoms with van der Waals surface area (Å²) >= 11 is 0.389. The van der Waals surface area contributed by atoms with E-state index in [1.165, 1.54) is 11.1 Å². The van der Waals surface area contributed by atoms with Crippen LogP contribution < -0.4 is 0 Å². The fraction of sp³-hybridized carbons (Fsp3) is 0.191. The van der Waals surface area contributed by atoms with Gasteiger partial charge in [-0.25, -0.2) is 15.0 Å². The number of halogens is 4. The molecule has 314 valence electrons. The van der Waals surface area contributed by atoms with Crippen molar-refractivity contribution in [1.82, 2.24) is 15.0 Å². The number of hydrogen-bond acceptors (Lipinski definition) is 7. The van der Waals surface area contributed by atoms with Crippen LogP contribution in [0.4, 0.5) is 17.1 Å². The van der Waals surface area contributed by atoms with Crippen molar-refractivity contribution < 1.29 is 30.7 Å². The molecule has 0 fully saturated rings. The number of pyridine rings is 2. The summed E-state index contributed by atoms with van der Waals surface area (Å²) in [6.45, 7) is 14.4. The number of rotatable bonds is 9. The molecule has 3 aromatic heterocycles. The first-order chi connectivity index (χ1) is 29.1. The molecule has 7 rings (SSSR count). The van der Waals surface area contributed by atoms with Gasteiger partial charge in [0.25, 0.3) is 0 Å². The van der Waals surface area contributed by atoms with Crippen LogP contribution in [0.25, 0.3) is 22.7 Å². The molecule has 0 aliphatic rings. The predicted octanol–water partition coefficient (Wildman–Crippen LogP) is 14.9. The topological polar surface area (TPSA) is 88.9 Å². The molecule has 0 bridgehead atoms. The average molecular weight is 964 g/mol. The Balaban J connectivity index is 0.000000235. The molecule has 60 heavy (non-hydrogen) atoms. The Hall–Kier alpha value is -4.14. The van der Waals surface area contributed by atoms with E-state index in [0.717, 1.165) is 86.3 Å². The summed E-state index contributed by atoms with van der Waals surface area (Å²) in [4.78, 5) is 28.5. The number of nitrogens with zero attached hydrogens (tertiary/aromatic N) is 6. The number of hydrogen-bond donors (Lipinski definition) is 0. The molecule has 7 aromatic rings. The SMILES string of the molecule is CC(=Nc1ccccc1C)c1cccc(C(C)=Nc2ccccc2C)n1.CCc1cccc(CC)c1N=C(C)c1cccc(-c2nc3ccccc3o2)n1.[Cl][Fe][Cl].[Cl][Fe][Cl]. The zero-order chi connectivity index (χ0) is 43.4. The van der Waals surface area contributed by atoms with Crippen LogP contribution in [0, 0.1) is 13.8 Å². The summed E-state index contributed by atoms with van der Waals surface area (Å²) in [5, 5.41) is 0. The minimum absolute atomic E-state index is 0.194. The molecule has 0 atom stereocenters. The normalized spacial score (nSPS) is 11.6. The van der Waals surface area contributed by atoms with E-state index in [0.29, 0.717) is 11.6 Å². The zero-order valence-electron chi connectivity index (χ0n) is 34.3. The maximum atomic E-state index is 5.87. The van der Waals surface area contributed by atoms with Gasteiger partial charge < -0.3 is 4.42 Å². The third kappa shape index (κ3) is 14.2. The molecule has 0 amide bonds. The van der Waals surface area contributed by atoms with Gasteiger partial charge in [-0.15, -0.1) is 0 Å². The second-order valence-electron chi connectivity index (χ2n) is 13.2. The first kappa shape index (κ1) is 48.5. The molecule has 4 aromatic carbocycles. The molecule has 0 saturated heterocycles. The van der Waals surface area contributed by atoms with Gasteiger partial charge in [-0.1, -0.05) is 92.7 Å². The third-order valence-electron chi connectivity index (χ3n) is 9.17. The summed E-state index contributed by atoms with van der Waals surface area (Å²) in [5.74, 6) is 0.527. The van der Waals surface area contributed by atoms with Gasteiger partial charge in [0.2, 0.25) is 5.89 Å². The Morgan fingerprint density at radius 2 is 0.950 bits per heavy atom. The number of aromatic nitrogens is 3. The van der Waals surface area contributed by atoms with E-state index in [2.05, 4.69) is 63.0 Å². The minimum atomic E-state index is 0.194. The van der Waals surface area contributed by atoms with Gasteiger partial charge in [0.05, 0.1) is 51.3 Å². The molecule has 0 N–H and O–H groups in total. The molecule has 0 radical (unpaired) electrons. The van der Waals surface area contributed by atoms with Gasteiger partial charge in [0.15, 0.2) is 5.58 Å². The van der Waals surface area contributed by atoms with Crippen molar-refractivity contribution in [2.75, 3.05) is 0 Å². The van der Waals surface area contributed by atoms with Crippen LogP contribution in [0.15, 0.2) is 147 Å². The Morgan fingerprint density at radius 3 is 1.45 bits per heavy atom. The zero-order valence-corrected chi connectivity index (χ0v) is 39.6. The molecule has 0 spiro atoms. The Labute approximate surface area is 383 Å². The van der Waals surface area contributed by atoms with Gasteiger partial charge in [0, 0.05) is 0 Å². The van der Waals surface area contributed by atoms with Gasteiger partial charge in [-0.3, -0.25) is 15.0 Å². The number of para-hydroxylation sites is 5. The van der Waals surface area contributed by atoms with Crippen LogP contribution >= 0.6 is 40.4 Å². The third-order valence-corrected chi connectivity index (χ3v) is 9.17. The van der Waals surface area contributed by atoms with Crippen molar-refractivity contribution >= 4 is 85.7 Å². The van der Waals surface area contributed by atoms with Gasteiger partial charge in [-0.05, 0) is 118 Å². The number of aliphatic imine (C=N–C) groups is 3. The Bertz CT molecular complexity index is 2420. The molecule has 3 heterocycles. The van der Waals surface area contributed by atoms with Crippen molar-refractivity contribution in [2.24, 2.45) is 15.0 Å². The molecular formula is C47H46Cl4Fe2N6O. The summed E-state index contributed by atoms with van der Waals surface area (Å²) in [6.07, 6.45) is 1.91. The van der Waals surface area contributed by atoms with E-state index in [1.54, 1.807) is 0 Å². The van der Waals surface area contributed by atoms with E-state index in [-0.39, 0.29) is 26.3 Å². The first-order valence-corrected chi connectivity index (χ1v) is 25.0. The van der Waals surface area contributed by atoms with Gasteiger partial charge in [-0.2, -0.15) is 0 Å². The molecular weight excluding hydrogens is 918 g/mol. The second kappa shape index (κ2) is 25.6. The maximum absolute atomic E-state index is 5.87. The summed E-state index contributed by atoms with van der Waals surface area (Å²) in [6, 6.07) is 42.2. The summed E-state index contributed by atoms with van der Waals surface area (Å²) < 4.78 is 5.87. The fourth-order valence-corrected chi connectivity index (χ4v) is 6.01. The van der Waals surface area contributed by atoms with Crippen molar-refractivity contribution in [1.29, 1.82) is 0 Å². The molecule has 0 aliphatic heterocycles. The standard InChI is InChI=1S/C24H23N3O.C23H23N3.4ClH.2Fe/c1-4-17-10-8-11-18(5-2)23(17)25-16(3)19-13-9-14-21(26-19)24-27-20-12-6-7-15-22(20)28-24;1-16-10-5-7-12-20(16)24-18(3)22-14-9-15-23(26-22)19(4)25-21-13-8-6-11-17(21)2;;;;;;/h6-15H,4-5H2,1-3H3;5-15H,1-4H3;4*1H;;/q;;;;;;2*+2/p-4. The molecule has 7 nitrogen and oxygen atoms in total. The van der Waals surface area contributed by atoms with Crippen molar-refractivity contribution in [2.45, 2.75) is 61.3 Å². The van der Waals surface area contributed by atoms with Crippen molar-refractivity contribution in [3.05, 3.63) is 167 Å². The number of benzene rings is 4. The van der Waals surface area contributed by atoms with Crippen LogP contribution in [0.1, 0.15) is 74.0 Å². The van der Waals surface area contributed by atoms with Gasteiger partial charge >= 0.3 is 66.7 Å². The van der Waals surface area contributed by atoms with Crippen LogP contribution in [0.2, 0.25) is 0 Å². The summed E-state index contributed by atoms with van der Waals surface area (Å²) in [5.41, 5.74) is 15.4. The monoisotopic (exact) mass is 962 g/mol. The molecule has 0 aliphatic carbocycles. The Kier molecular flexibility index (Phi) is 20.7. The summed E-state index contributed by atoms with van der Waals surface area (Å²) in [7, 11) is 19.1. The van der Waals surface area contributed by atoms with Crippen LogP contribution in [0.3, 0.4) is 0 Å². The van der Waals surface area contributed by atoms with E-state index in [1.807, 2.05) is 118 Å². The quantitative estimate of drug-likeness (QED) is 0.106. The van der Waals surface area contributed by atoms with E-state index in [4.69, 9.17) is 69.8 Å². The van der Waals surface area contributed by atoms with E-state index >= 15 is 0 Å². The van der Waals surface area contributed by atoms with Crippen molar-refractivity contribution in [3.8, 4) is 11.6 Å². The van der Waals surface area contributed by atoms with E-state index in [9.17, 15) is 0 Å². The number of oxazole rings is 1. The van der Waals surface area contributed by atoms with Crippen LogP contribution in [-0.4, -0.2) is 32.1 Å². The number of aryl methyl sites for hydroxylation is 4. The van der Waals surface area contributed by atoms with Crippen molar-refractivity contribution in [3.63, 3.8) is 0 Å². The first-order valence-electron chi connectivity index (χ1n) is 19.0. The van der Waals surface area contributed by atoms with E-state index < -0.39 is 0 Å². The Morgan fingerprint density at radius 1 is 0.517 bits per heavy atom. The molecule has 0 saturated carbocycles. The molecule has 13 heteroatoms. The van der Waals surface area contributed by atoms with Gasteiger partial charge in [0.1, 0.15) is 11.2 Å². The van der Waals surface area contributed by atoms with Crippen LogP contribution in [-0.2, 0) is 39.1 Å². The average Bonchev–Trinajstić information content (AvgIpc) is 3.71. The number of fused-ring (bicyclic) bond motifs is 1.